The van der Waals surface area contributed by atoms with Crippen molar-refractivity contribution in [2.75, 3.05) is 19.8 Å². The highest BCUT2D eigenvalue weighted by Gasteiger charge is 2.25. The fourth-order valence-corrected chi connectivity index (χ4v) is 3.82. The van der Waals surface area contributed by atoms with Gasteiger partial charge in [0.1, 0.15) is 17.3 Å². The first-order valence-electron chi connectivity index (χ1n) is 12.6. The summed E-state index contributed by atoms with van der Waals surface area (Å²) in [7, 11) is 0. The Morgan fingerprint density at radius 1 is 0.912 bits per heavy atom. The zero-order valence-electron chi connectivity index (χ0n) is 20.4. The number of rotatable bonds is 13. The Morgan fingerprint density at radius 2 is 1.56 bits per heavy atom. The largest absolute Gasteiger partial charge is 0.494 e. The van der Waals surface area contributed by atoms with Gasteiger partial charge in [0.25, 0.3) is 0 Å². The molecule has 0 N–H and O–H groups in total. The van der Waals surface area contributed by atoms with Gasteiger partial charge in [-0.3, -0.25) is 0 Å². The second kappa shape index (κ2) is 14.1. The van der Waals surface area contributed by atoms with E-state index in [-0.39, 0.29) is 11.1 Å². The van der Waals surface area contributed by atoms with Crippen molar-refractivity contribution in [3.05, 3.63) is 59.4 Å². The minimum atomic E-state index is -0.749. The molecule has 2 aromatic carbocycles. The normalized spacial score (nSPS) is 18.0. The standard InChI is InChI=1S/C28H37FO5/c1-3-5-6-7-8-9-10-17-31-23-12-14-24(15-13-23)34-27(30)22-11-16-25(26(29)18-22)28-32-19-21(4-2)20-33-28/h11-16,18,21,28H,3-10,17,19-20H2,1-2H3. The predicted octanol–water partition coefficient (Wildman–Crippen LogP) is 7.25. The van der Waals surface area contributed by atoms with Crippen molar-refractivity contribution < 1.29 is 28.1 Å². The number of hydrogen-bond donors (Lipinski definition) is 0. The Hall–Kier alpha value is -2.44. The van der Waals surface area contributed by atoms with Crippen molar-refractivity contribution in [2.45, 2.75) is 71.5 Å². The Kier molecular flexibility index (Phi) is 10.8. The molecule has 1 fully saturated rings. The summed E-state index contributed by atoms with van der Waals surface area (Å²) in [5.74, 6) is 0.259. The highest BCUT2D eigenvalue weighted by Crippen LogP contribution is 2.29. The molecule has 2 aromatic rings. The molecule has 0 saturated carbocycles. The average molecular weight is 473 g/mol. The van der Waals surface area contributed by atoms with E-state index in [1.807, 2.05) is 0 Å². The third kappa shape index (κ3) is 8.10. The number of hydrogen-bond acceptors (Lipinski definition) is 5. The van der Waals surface area contributed by atoms with Crippen molar-refractivity contribution in [1.82, 2.24) is 0 Å². The second-order valence-electron chi connectivity index (χ2n) is 8.84. The van der Waals surface area contributed by atoms with Gasteiger partial charge in [-0.15, -0.1) is 0 Å². The lowest BCUT2D eigenvalue weighted by Gasteiger charge is -2.29. The van der Waals surface area contributed by atoms with E-state index in [9.17, 15) is 9.18 Å². The predicted molar refractivity (Wildman–Crippen MR) is 130 cm³/mol. The van der Waals surface area contributed by atoms with Gasteiger partial charge >= 0.3 is 5.97 Å². The lowest BCUT2D eigenvalue weighted by Crippen LogP contribution is -2.27. The monoisotopic (exact) mass is 472 g/mol. The molecule has 1 aliphatic rings. The first-order valence-corrected chi connectivity index (χ1v) is 12.6. The molecule has 0 unspecified atom stereocenters. The summed E-state index contributed by atoms with van der Waals surface area (Å²) in [4.78, 5) is 12.5. The summed E-state index contributed by atoms with van der Waals surface area (Å²) in [5, 5.41) is 0. The Morgan fingerprint density at radius 3 is 2.21 bits per heavy atom. The maximum absolute atomic E-state index is 14.6. The molecule has 186 valence electrons. The van der Waals surface area contributed by atoms with Crippen LogP contribution in [0, 0.1) is 11.7 Å². The van der Waals surface area contributed by atoms with Crippen LogP contribution in [0.5, 0.6) is 11.5 Å². The van der Waals surface area contributed by atoms with E-state index in [2.05, 4.69) is 13.8 Å². The van der Waals surface area contributed by atoms with Crippen LogP contribution in [0.15, 0.2) is 42.5 Å². The first kappa shape index (κ1) is 26.2. The smallest absolute Gasteiger partial charge is 0.343 e. The van der Waals surface area contributed by atoms with Crippen LogP contribution in [0.3, 0.4) is 0 Å². The summed E-state index contributed by atoms with van der Waals surface area (Å²) in [6, 6.07) is 11.1. The third-order valence-corrected chi connectivity index (χ3v) is 6.08. The molecule has 0 amide bonds. The van der Waals surface area contributed by atoms with Crippen LogP contribution in [0.2, 0.25) is 0 Å². The van der Waals surface area contributed by atoms with Crippen LogP contribution in [0.1, 0.15) is 87.4 Å². The minimum absolute atomic E-state index is 0.128. The molecule has 6 heteroatoms. The van der Waals surface area contributed by atoms with Gasteiger partial charge in [0.05, 0.1) is 25.4 Å². The SMILES string of the molecule is CCCCCCCCCOc1ccc(OC(=O)c2ccc(C3OCC(CC)CO3)c(F)c2)cc1. The van der Waals surface area contributed by atoms with Crippen molar-refractivity contribution in [1.29, 1.82) is 0 Å². The van der Waals surface area contributed by atoms with E-state index in [1.165, 1.54) is 50.7 Å². The van der Waals surface area contributed by atoms with Crippen LogP contribution < -0.4 is 9.47 Å². The fourth-order valence-electron chi connectivity index (χ4n) is 3.82. The maximum Gasteiger partial charge on any atom is 0.343 e. The van der Waals surface area contributed by atoms with Gasteiger partial charge in [-0.25, -0.2) is 9.18 Å². The topological polar surface area (TPSA) is 54.0 Å². The molecule has 0 bridgehead atoms. The molecule has 0 radical (unpaired) electrons. The van der Waals surface area contributed by atoms with Gasteiger partial charge in [-0.05, 0) is 49.2 Å². The molecule has 34 heavy (non-hydrogen) atoms. The number of esters is 1. The fraction of sp³-hybridized carbons (Fsp3) is 0.536. The van der Waals surface area contributed by atoms with Gasteiger partial charge in [0.2, 0.25) is 0 Å². The zero-order valence-corrected chi connectivity index (χ0v) is 20.4. The van der Waals surface area contributed by atoms with Gasteiger partial charge in [0, 0.05) is 11.5 Å². The highest BCUT2D eigenvalue weighted by atomic mass is 19.1. The Labute approximate surface area is 202 Å². The van der Waals surface area contributed by atoms with E-state index >= 15 is 0 Å². The number of carbonyl (C=O) groups is 1. The van der Waals surface area contributed by atoms with Crippen molar-refractivity contribution in [2.24, 2.45) is 5.92 Å². The molecule has 1 heterocycles. The summed E-state index contributed by atoms with van der Waals surface area (Å²) >= 11 is 0. The lowest BCUT2D eigenvalue weighted by molar-refractivity contribution is -0.206. The molecular weight excluding hydrogens is 435 g/mol. The summed E-state index contributed by atoms with van der Waals surface area (Å²) in [6.07, 6.45) is 8.85. The van der Waals surface area contributed by atoms with Crippen molar-refractivity contribution >= 4 is 5.97 Å². The van der Waals surface area contributed by atoms with Crippen LogP contribution in [-0.2, 0) is 9.47 Å². The minimum Gasteiger partial charge on any atom is -0.494 e. The number of benzene rings is 2. The summed E-state index contributed by atoms with van der Waals surface area (Å²) < 4.78 is 37.0. The number of carbonyl (C=O) groups excluding carboxylic acids is 1. The average Bonchev–Trinajstić information content (AvgIpc) is 2.86. The quantitative estimate of drug-likeness (QED) is 0.175. The van der Waals surface area contributed by atoms with Gasteiger partial charge in [0.15, 0.2) is 6.29 Å². The molecule has 0 aromatic heterocycles. The first-order chi connectivity index (χ1) is 16.6. The molecule has 0 spiro atoms. The molecule has 5 nitrogen and oxygen atoms in total. The molecule has 1 saturated heterocycles. The van der Waals surface area contributed by atoms with Crippen LogP contribution in [0.25, 0.3) is 0 Å². The third-order valence-electron chi connectivity index (χ3n) is 6.08. The van der Waals surface area contributed by atoms with E-state index < -0.39 is 18.1 Å². The number of halogens is 1. The van der Waals surface area contributed by atoms with Gasteiger partial charge in [-0.2, -0.15) is 0 Å². The molecule has 0 atom stereocenters. The van der Waals surface area contributed by atoms with E-state index in [0.29, 0.717) is 31.5 Å². The van der Waals surface area contributed by atoms with E-state index in [1.54, 1.807) is 24.3 Å². The Balaban J connectivity index is 1.43. The van der Waals surface area contributed by atoms with Crippen LogP contribution >= 0.6 is 0 Å². The van der Waals surface area contributed by atoms with E-state index in [4.69, 9.17) is 18.9 Å². The molecule has 3 rings (SSSR count). The molecular formula is C28H37FO5. The van der Waals surface area contributed by atoms with E-state index in [0.717, 1.165) is 24.7 Å². The molecule has 1 aliphatic heterocycles. The van der Waals surface area contributed by atoms with Gasteiger partial charge in [-0.1, -0.05) is 58.4 Å². The summed E-state index contributed by atoms with van der Waals surface area (Å²) in [5.41, 5.74) is 0.413. The van der Waals surface area contributed by atoms with Crippen LogP contribution in [-0.4, -0.2) is 25.8 Å². The molecule has 0 aliphatic carbocycles. The lowest BCUT2D eigenvalue weighted by atomic mass is 10.1. The maximum atomic E-state index is 14.6. The van der Waals surface area contributed by atoms with Crippen molar-refractivity contribution in [3.8, 4) is 11.5 Å². The van der Waals surface area contributed by atoms with Crippen LogP contribution in [0.4, 0.5) is 4.39 Å². The second-order valence-corrected chi connectivity index (χ2v) is 8.84. The zero-order chi connectivity index (χ0) is 24.2. The number of ether oxygens (including phenoxy) is 4. The highest BCUT2D eigenvalue weighted by molar-refractivity contribution is 5.91. The Bertz CT molecular complexity index is 875. The number of unbranched alkanes of at least 4 members (excludes halogenated alkanes) is 6. The summed E-state index contributed by atoms with van der Waals surface area (Å²) in [6.45, 7) is 6.02. The van der Waals surface area contributed by atoms with Crippen molar-refractivity contribution in [3.63, 3.8) is 0 Å². The van der Waals surface area contributed by atoms with Gasteiger partial charge < -0.3 is 18.9 Å².